The maximum absolute atomic E-state index is 13.5. The number of allylic oxidation sites excluding steroid dienone is 4. The first-order valence-electron chi connectivity index (χ1n) is 13.5. The summed E-state index contributed by atoms with van der Waals surface area (Å²) < 4.78 is 36.2. The highest BCUT2D eigenvalue weighted by Crippen LogP contribution is 2.36. The lowest BCUT2D eigenvalue weighted by molar-refractivity contribution is -0.349. The van der Waals surface area contributed by atoms with E-state index in [0.29, 0.717) is 23.8 Å². The molecule has 0 saturated carbocycles. The summed E-state index contributed by atoms with van der Waals surface area (Å²) in [4.78, 5) is 35.8. The maximum atomic E-state index is 13.5. The van der Waals surface area contributed by atoms with Gasteiger partial charge in [-0.3, -0.25) is 19.1 Å². The van der Waals surface area contributed by atoms with Crippen molar-refractivity contribution in [2.24, 2.45) is 15.9 Å². The van der Waals surface area contributed by atoms with Crippen LogP contribution in [0.1, 0.15) is 33.6 Å². The highest BCUT2D eigenvalue weighted by Gasteiger charge is 2.50. The molecule has 0 aromatic carbocycles. The normalized spacial score (nSPS) is 26.2. The quantitative estimate of drug-likeness (QED) is 0.150. The van der Waals surface area contributed by atoms with Gasteiger partial charge < -0.3 is 20.9 Å². The molecule has 1 aliphatic carbocycles. The fourth-order valence-corrected chi connectivity index (χ4v) is 4.56. The zero-order valence-corrected chi connectivity index (χ0v) is 24.6. The number of aliphatic imine (C=N–C) groups is 2. The van der Waals surface area contributed by atoms with Crippen LogP contribution >= 0.6 is 11.6 Å². The molecular weight excluding hydrogens is 570 g/mol. The van der Waals surface area contributed by atoms with Crippen molar-refractivity contribution in [3.05, 3.63) is 72.6 Å². The molecule has 0 spiro atoms. The molecule has 3 rings (SSSR count). The van der Waals surface area contributed by atoms with E-state index in [-0.39, 0.29) is 30.7 Å². The molecule has 0 aromatic heterocycles. The number of ether oxygens (including phenoxy) is 2. The predicted octanol–water partition coefficient (Wildman–Crippen LogP) is 3.87. The lowest BCUT2D eigenvalue weighted by Gasteiger charge is -2.24. The minimum atomic E-state index is -3.62. The Kier molecular flexibility index (Phi) is 11.8. The number of nitrogens with zero attached hydrogens (tertiary/aromatic N) is 3. The molecule has 13 heteroatoms. The third-order valence-corrected chi connectivity index (χ3v) is 6.74. The first kappa shape index (κ1) is 32.9. The summed E-state index contributed by atoms with van der Waals surface area (Å²) in [5.74, 6) is -0.0192. The molecule has 42 heavy (non-hydrogen) atoms. The Bertz CT molecular complexity index is 1230. The fraction of sp³-hybridized carbons (Fsp3) is 0.448. The van der Waals surface area contributed by atoms with E-state index in [1.807, 2.05) is 18.7 Å². The van der Waals surface area contributed by atoms with E-state index in [4.69, 9.17) is 16.3 Å². The monoisotopic (exact) mass is 606 g/mol. The second-order valence-electron chi connectivity index (χ2n) is 9.89. The average molecular weight is 607 g/mol. The van der Waals surface area contributed by atoms with Crippen LogP contribution < -0.4 is 16.0 Å². The van der Waals surface area contributed by atoms with Gasteiger partial charge in [0.15, 0.2) is 0 Å². The number of amidine groups is 1. The van der Waals surface area contributed by atoms with Crippen LogP contribution in [0.15, 0.2) is 82.6 Å². The van der Waals surface area contributed by atoms with E-state index in [0.717, 1.165) is 5.57 Å². The first-order chi connectivity index (χ1) is 19.9. The Hall–Kier alpha value is -3.61. The Balaban J connectivity index is 1.68. The highest BCUT2D eigenvalue weighted by atomic mass is 35.5. The Morgan fingerprint density at radius 3 is 2.69 bits per heavy atom. The number of hydrogen-bond donors (Lipinski definition) is 3. The Labute approximate surface area is 249 Å². The number of nitrogens with one attached hydrogen (secondary N) is 3. The molecule has 2 amide bonds. The SMILES string of the molecule is C=CNC(=N[C@H]1C=C[C@H]2OC(F)(F)OC2C1)N=C(CC)N1C=C[C@H](C(=O)NC(CNC(C)=O)/C(C)=C/C=C\C(=C)Cl)C1. The predicted molar refractivity (Wildman–Crippen MR) is 159 cm³/mol. The molecule has 2 aliphatic heterocycles. The minimum Gasteiger partial charge on any atom is -0.354 e. The number of guanidine groups is 1. The van der Waals surface area contributed by atoms with E-state index in [1.54, 1.807) is 36.6 Å². The summed E-state index contributed by atoms with van der Waals surface area (Å²) in [6.07, 6.45) is 8.81. The van der Waals surface area contributed by atoms with Crippen molar-refractivity contribution in [1.82, 2.24) is 20.9 Å². The topological polar surface area (TPSA) is 117 Å². The number of carbonyl (C=O) groups excluding carboxylic acids is 2. The zero-order chi connectivity index (χ0) is 30.9. The number of hydrogen-bond acceptors (Lipinski definition) is 5. The molecule has 0 radical (unpaired) electrons. The van der Waals surface area contributed by atoms with Gasteiger partial charge in [0.05, 0.1) is 24.1 Å². The molecule has 5 atom stereocenters. The van der Waals surface area contributed by atoms with Crippen LogP contribution in [0.5, 0.6) is 0 Å². The summed E-state index contributed by atoms with van der Waals surface area (Å²) in [6.45, 7) is 13.0. The molecule has 3 aliphatic rings. The van der Waals surface area contributed by atoms with Gasteiger partial charge in [-0.25, -0.2) is 4.99 Å². The van der Waals surface area contributed by atoms with Crippen molar-refractivity contribution >= 4 is 35.2 Å². The van der Waals surface area contributed by atoms with Crippen LogP contribution in [0.3, 0.4) is 0 Å². The molecule has 10 nitrogen and oxygen atoms in total. The number of alkyl halides is 2. The summed E-state index contributed by atoms with van der Waals surface area (Å²) in [5.41, 5.74) is 0.818. The summed E-state index contributed by atoms with van der Waals surface area (Å²) in [6, 6.07) is -0.904. The van der Waals surface area contributed by atoms with Gasteiger partial charge in [0.25, 0.3) is 0 Å². The van der Waals surface area contributed by atoms with Gasteiger partial charge >= 0.3 is 6.29 Å². The molecule has 0 aromatic rings. The molecular formula is C29H37ClF2N6O4. The maximum Gasteiger partial charge on any atom is 0.486 e. The minimum absolute atomic E-state index is 0.200. The van der Waals surface area contributed by atoms with Gasteiger partial charge in [0, 0.05) is 44.1 Å². The zero-order valence-electron chi connectivity index (χ0n) is 23.9. The van der Waals surface area contributed by atoms with Crippen molar-refractivity contribution in [1.29, 1.82) is 0 Å². The summed E-state index contributed by atoms with van der Waals surface area (Å²) >= 11 is 5.78. The molecule has 228 valence electrons. The van der Waals surface area contributed by atoms with Crippen molar-refractivity contribution in [3.63, 3.8) is 0 Å². The second kappa shape index (κ2) is 15.0. The highest BCUT2D eigenvalue weighted by molar-refractivity contribution is 6.30. The van der Waals surface area contributed by atoms with Gasteiger partial charge in [0.1, 0.15) is 11.9 Å². The number of carbonyl (C=O) groups is 2. The Morgan fingerprint density at radius 1 is 1.26 bits per heavy atom. The largest absolute Gasteiger partial charge is 0.486 e. The first-order valence-corrected chi connectivity index (χ1v) is 13.9. The smallest absolute Gasteiger partial charge is 0.354 e. The van der Waals surface area contributed by atoms with Crippen LogP contribution in [0, 0.1) is 5.92 Å². The van der Waals surface area contributed by atoms with Crippen LogP contribution in [0.2, 0.25) is 0 Å². The van der Waals surface area contributed by atoms with Crippen molar-refractivity contribution in [2.75, 3.05) is 13.1 Å². The van der Waals surface area contributed by atoms with E-state index in [9.17, 15) is 18.4 Å². The number of halogens is 3. The van der Waals surface area contributed by atoms with Crippen LogP contribution in [-0.4, -0.2) is 72.2 Å². The molecule has 2 heterocycles. The standard InChI is InChI=1S/C29H37ClF2N6O4/c1-6-26(37-28(33-7-2)35-22-11-12-24-25(15-22)42-29(31,32)41-24)38-14-13-21(17-38)27(40)36-23(16-34-20(5)39)18(3)9-8-10-19(4)30/h7-14,21-25H,2,4,6,15-17H2,1,3,5H3,(H,33,35)(H,34,39)(H,36,40)/b10-8-,18-9+,37-26?/t21-,22-,23?,24+,25?/m0/s1. The number of rotatable bonds is 10. The van der Waals surface area contributed by atoms with Gasteiger partial charge in [0.2, 0.25) is 17.8 Å². The third kappa shape index (κ3) is 9.74. The molecule has 2 unspecified atom stereocenters. The molecule has 3 N–H and O–H groups in total. The summed E-state index contributed by atoms with van der Waals surface area (Å²) in [5, 5.41) is 9.02. The Morgan fingerprint density at radius 2 is 2.02 bits per heavy atom. The van der Waals surface area contributed by atoms with E-state index in [1.165, 1.54) is 19.2 Å². The van der Waals surface area contributed by atoms with E-state index < -0.39 is 36.5 Å². The van der Waals surface area contributed by atoms with E-state index in [2.05, 4.69) is 43.8 Å². The van der Waals surface area contributed by atoms with E-state index >= 15 is 0 Å². The van der Waals surface area contributed by atoms with Crippen LogP contribution in [0.25, 0.3) is 0 Å². The lowest BCUT2D eigenvalue weighted by Crippen LogP contribution is -2.46. The van der Waals surface area contributed by atoms with Gasteiger partial charge in [-0.15, -0.1) is 8.78 Å². The summed E-state index contributed by atoms with van der Waals surface area (Å²) in [7, 11) is 0. The lowest BCUT2D eigenvalue weighted by atomic mass is 9.98. The van der Waals surface area contributed by atoms with Gasteiger partial charge in [-0.2, -0.15) is 4.99 Å². The van der Waals surface area contributed by atoms with Crippen LogP contribution in [-0.2, 0) is 19.1 Å². The fourth-order valence-electron chi connectivity index (χ4n) is 4.49. The van der Waals surface area contributed by atoms with Crippen LogP contribution in [0.4, 0.5) is 8.78 Å². The van der Waals surface area contributed by atoms with Gasteiger partial charge in [-0.1, -0.05) is 62.1 Å². The third-order valence-electron chi connectivity index (χ3n) is 6.61. The molecule has 1 saturated heterocycles. The van der Waals surface area contributed by atoms with Crippen molar-refractivity contribution in [2.45, 2.75) is 64.2 Å². The molecule has 0 bridgehead atoms. The molecule has 1 fully saturated rings. The second-order valence-corrected chi connectivity index (χ2v) is 10.4. The van der Waals surface area contributed by atoms with Crippen molar-refractivity contribution < 1.29 is 27.8 Å². The average Bonchev–Trinajstić information content (AvgIpc) is 3.52. The number of amides is 2. The van der Waals surface area contributed by atoms with Gasteiger partial charge in [-0.05, 0) is 24.8 Å². The van der Waals surface area contributed by atoms with Crippen molar-refractivity contribution in [3.8, 4) is 0 Å². The number of fused-ring (bicyclic) bond motifs is 1.